The van der Waals surface area contributed by atoms with Crippen LogP contribution >= 0.6 is 0 Å². The highest BCUT2D eigenvalue weighted by Gasteiger charge is 2.24. The monoisotopic (exact) mass is 353 g/mol. The Balaban J connectivity index is 2.18. The maximum absolute atomic E-state index is 13.2. The van der Waals surface area contributed by atoms with E-state index in [4.69, 9.17) is 5.73 Å². The molecule has 1 atom stereocenters. The number of rotatable bonds is 6. The molecular weight excluding hydrogens is 337 g/mol. The number of hydrogen-bond acceptors (Lipinski definition) is 5. The van der Waals surface area contributed by atoms with Crippen molar-refractivity contribution in [3.8, 4) is 0 Å². The van der Waals surface area contributed by atoms with Crippen LogP contribution in [0, 0.1) is 15.9 Å². The number of benzene rings is 2. The number of sulfonamides is 1. The van der Waals surface area contributed by atoms with E-state index in [-0.39, 0.29) is 17.1 Å². The van der Waals surface area contributed by atoms with Gasteiger partial charge in [0.2, 0.25) is 10.0 Å². The number of likely N-dealkylation sites (N-methyl/N-ethyl adjacent to an activating group) is 1. The van der Waals surface area contributed by atoms with Gasteiger partial charge < -0.3 is 5.73 Å². The van der Waals surface area contributed by atoms with Gasteiger partial charge in [-0.1, -0.05) is 12.1 Å². The molecule has 0 radical (unpaired) electrons. The van der Waals surface area contributed by atoms with Gasteiger partial charge in [0.1, 0.15) is 5.82 Å². The lowest BCUT2D eigenvalue weighted by Crippen LogP contribution is -2.34. The van der Waals surface area contributed by atoms with E-state index in [0.29, 0.717) is 5.56 Å². The van der Waals surface area contributed by atoms with E-state index in [1.165, 1.54) is 25.2 Å². The van der Waals surface area contributed by atoms with Gasteiger partial charge in [0.25, 0.3) is 5.69 Å². The summed E-state index contributed by atoms with van der Waals surface area (Å²) in [5, 5.41) is 10.6. The summed E-state index contributed by atoms with van der Waals surface area (Å²) in [5.41, 5.74) is 6.21. The molecule has 0 unspecified atom stereocenters. The number of nitrogens with two attached hydrogens (primary N) is 1. The number of nitro groups is 1. The molecule has 24 heavy (non-hydrogen) atoms. The molecule has 0 heterocycles. The Hall–Kier alpha value is -2.36. The summed E-state index contributed by atoms with van der Waals surface area (Å²) in [5.74, 6) is -0.455. The fraction of sp³-hybridized carbons (Fsp3) is 0.200. The number of non-ortho nitro benzene ring substituents is 1. The van der Waals surface area contributed by atoms with Crippen molar-refractivity contribution < 1.29 is 17.7 Å². The van der Waals surface area contributed by atoms with Crippen LogP contribution in [0.1, 0.15) is 11.6 Å². The minimum atomic E-state index is -3.86. The van der Waals surface area contributed by atoms with Gasteiger partial charge in [-0.15, -0.1) is 0 Å². The molecule has 0 fully saturated rings. The Morgan fingerprint density at radius 1 is 1.25 bits per heavy atom. The van der Waals surface area contributed by atoms with Gasteiger partial charge in [0.15, 0.2) is 0 Å². The summed E-state index contributed by atoms with van der Waals surface area (Å²) in [6.45, 7) is -0.0667. The van der Waals surface area contributed by atoms with Crippen molar-refractivity contribution in [2.24, 2.45) is 5.73 Å². The van der Waals surface area contributed by atoms with Crippen LogP contribution in [-0.2, 0) is 10.0 Å². The van der Waals surface area contributed by atoms with E-state index in [9.17, 15) is 22.9 Å². The quantitative estimate of drug-likeness (QED) is 0.632. The Kier molecular flexibility index (Phi) is 5.27. The highest BCUT2D eigenvalue weighted by molar-refractivity contribution is 7.89. The van der Waals surface area contributed by atoms with Crippen molar-refractivity contribution in [1.82, 2.24) is 4.31 Å². The lowest BCUT2D eigenvalue weighted by atomic mass is 10.1. The van der Waals surface area contributed by atoms with E-state index < -0.39 is 26.8 Å². The van der Waals surface area contributed by atoms with Crippen molar-refractivity contribution in [3.05, 3.63) is 70.0 Å². The topological polar surface area (TPSA) is 107 Å². The molecule has 9 heteroatoms. The molecule has 0 saturated heterocycles. The molecule has 0 spiro atoms. The Morgan fingerprint density at radius 3 is 2.42 bits per heavy atom. The molecule has 0 aromatic heterocycles. The number of hydrogen-bond donors (Lipinski definition) is 1. The molecule has 0 amide bonds. The maximum atomic E-state index is 13.2. The third kappa shape index (κ3) is 3.94. The zero-order valence-corrected chi connectivity index (χ0v) is 13.6. The fourth-order valence-corrected chi connectivity index (χ4v) is 3.33. The van der Waals surface area contributed by atoms with Gasteiger partial charge in [-0.3, -0.25) is 10.1 Å². The molecule has 0 aliphatic carbocycles. The average molecular weight is 353 g/mol. The van der Waals surface area contributed by atoms with Gasteiger partial charge in [-0.25, -0.2) is 12.8 Å². The highest BCUT2D eigenvalue weighted by atomic mass is 32.2. The molecule has 0 aliphatic rings. The van der Waals surface area contributed by atoms with Crippen LogP contribution < -0.4 is 5.73 Å². The second-order valence-corrected chi connectivity index (χ2v) is 7.24. The molecule has 2 N–H and O–H groups in total. The predicted molar refractivity (Wildman–Crippen MR) is 86.2 cm³/mol. The first-order valence-electron chi connectivity index (χ1n) is 6.93. The minimum Gasteiger partial charge on any atom is -0.323 e. The molecule has 7 nitrogen and oxygen atoms in total. The van der Waals surface area contributed by atoms with Crippen molar-refractivity contribution in [3.63, 3.8) is 0 Å². The van der Waals surface area contributed by atoms with Gasteiger partial charge in [0, 0.05) is 31.8 Å². The van der Waals surface area contributed by atoms with E-state index in [0.717, 1.165) is 28.6 Å². The standard InChI is InChI=1S/C15H16FN3O4S/c1-18(10-15(17)11-3-2-4-12(16)9-11)24(22,23)14-7-5-13(6-8-14)19(20)21/h2-9,15H,10,17H2,1H3/t15-/m1/s1. The average Bonchev–Trinajstić information content (AvgIpc) is 2.54. The normalized spacial score (nSPS) is 13.0. The zero-order chi connectivity index (χ0) is 17.9. The van der Waals surface area contributed by atoms with E-state index in [2.05, 4.69) is 0 Å². The van der Waals surface area contributed by atoms with Crippen LogP contribution in [0.2, 0.25) is 0 Å². The summed E-state index contributed by atoms with van der Waals surface area (Å²) < 4.78 is 39.2. The fourth-order valence-electron chi connectivity index (χ4n) is 2.14. The van der Waals surface area contributed by atoms with Gasteiger partial charge in [-0.2, -0.15) is 4.31 Å². The lowest BCUT2D eigenvalue weighted by molar-refractivity contribution is -0.384. The summed E-state index contributed by atoms with van der Waals surface area (Å²) in [6, 6.07) is 9.48. The van der Waals surface area contributed by atoms with Crippen molar-refractivity contribution >= 4 is 15.7 Å². The van der Waals surface area contributed by atoms with Crippen LogP contribution in [0.3, 0.4) is 0 Å². The molecule has 2 aromatic rings. The van der Waals surface area contributed by atoms with Crippen molar-refractivity contribution in [2.75, 3.05) is 13.6 Å². The van der Waals surface area contributed by atoms with Crippen molar-refractivity contribution in [2.45, 2.75) is 10.9 Å². The molecule has 0 aliphatic heterocycles. The second kappa shape index (κ2) is 7.04. The van der Waals surface area contributed by atoms with Crippen molar-refractivity contribution in [1.29, 1.82) is 0 Å². The summed E-state index contributed by atoms with van der Waals surface area (Å²) in [7, 11) is -2.51. The SMILES string of the molecule is CN(C[C@@H](N)c1cccc(F)c1)S(=O)(=O)c1ccc([N+](=O)[O-])cc1. The maximum Gasteiger partial charge on any atom is 0.269 e. The molecule has 2 aromatic carbocycles. The zero-order valence-electron chi connectivity index (χ0n) is 12.8. The highest BCUT2D eigenvalue weighted by Crippen LogP contribution is 2.21. The van der Waals surface area contributed by atoms with E-state index in [1.54, 1.807) is 6.07 Å². The molecule has 2 rings (SSSR count). The van der Waals surface area contributed by atoms with Gasteiger partial charge >= 0.3 is 0 Å². The lowest BCUT2D eigenvalue weighted by Gasteiger charge is -2.21. The first-order chi connectivity index (χ1) is 11.2. The van der Waals surface area contributed by atoms with E-state index in [1.807, 2.05) is 0 Å². The second-order valence-electron chi connectivity index (χ2n) is 5.20. The summed E-state index contributed by atoms with van der Waals surface area (Å²) >= 11 is 0. The first kappa shape index (κ1) is 18.0. The Bertz CT molecular complexity index is 840. The molecular formula is C15H16FN3O4S. The smallest absolute Gasteiger partial charge is 0.269 e. The van der Waals surface area contributed by atoms with Crippen LogP contribution in [0.25, 0.3) is 0 Å². The van der Waals surface area contributed by atoms with Crippen LogP contribution in [0.4, 0.5) is 10.1 Å². The Labute approximate surface area is 138 Å². The third-order valence-corrected chi connectivity index (χ3v) is 5.32. The largest absolute Gasteiger partial charge is 0.323 e. The summed E-state index contributed by atoms with van der Waals surface area (Å²) in [4.78, 5) is 9.93. The molecule has 128 valence electrons. The third-order valence-electron chi connectivity index (χ3n) is 3.49. The molecule has 0 saturated carbocycles. The van der Waals surface area contributed by atoms with Gasteiger partial charge in [0.05, 0.1) is 9.82 Å². The number of nitro benzene ring substituents is 1. The van der Waals surface area contributed by atoms with Crippen LogP contribution in [-0.4, -0.2) is 31.2 Å². The first-order valence-corrected chi connectivity index (χ1v) is 8.37. The predicted octanol–water partition coefficient (Wildman–Crippen LogP) is 2.05. The number of halogens is 1. The van der Waals surface area contributed by atoms with Gasteiger partial charge in [-0.05, 0) is 29.8 Å². The summed E-state index contributed by atoms with van der Waals surface area (Å²) in [6.07, 6.45) is 0. The molecule has 0 bridgehead atoms. The van der Waals surface area contributed by atoms with Crippen LogP contribution in [0.5, 0.6) is 0 Å². The minimum absolute atomic E-state index is 0.0667. The van der Waals surface area contributed by atoms with E-state index >= 15 is 0 Å². The number of nitrogens with zero attached hydrogens (tertiary/aromatic N) is 2. The van der Waals surface area contributed by atoms with Crippen LogP contribution in [0.15, 0.2) is 53.4 Å². The Morgan fingerprint density at radius 2 is 1.88 bits per heavy atom.